The molecule has 7 atom stereocenters. The van der Waals surface area contributed by atoms with Gasteiger partial charge < -0.3 is 30.3 Å². The predicted octanol–water partition coefficient (Wildman–Crippen LogP) is -2.20. The number of hydrogen-bond donors (Lipinski definition) is 5. The van der Waals surface area contributed by atoms with Crippen LogP contribution in [0.4, 0.5) is 0 Å². The average Bonchev–Trinajstić information content (AvgIpc) is 2.50. The molecule has 0 aromatic heterocycles. The Hall–Kier alpha value is -1.33. The second-order valence-corrected chi connectivity index (χ2v) is 5.74. The van der Waals surface area contributed by atoms with Crippen LogP contribution in [0, 0.1) is 16.0 Å². The SMILES string of the molecule is CC(=O)O[C@@H]1CCC[C@H]([C@H](O)[C@@H](O)[C@@H](O)[C@H](O)CO)[C@H]1[N+](=O)[O-]. The normalized spacial score (nSPS) is 30.1. The molecule has 0 radical (unpaired) electrons. The van der Waals surface area contributed by atoms with Crippen LogP contribution in [0.2, 0.25) is 0 Å². The van der Waals surface area contributed by atoms with E-state index >= 15 is 0 Å². The van der Waals surface area contributed by atoms with E-state index in [-0.39, 0.29) is 12.8 Å². The van der Waals surface area contributed by atoms with Crippen LogP contribution in [0.15, 0.2) is 0 Å². The Morgan fingerprint density at radius 1 is 1.26 bits per heavy atom. The van der Waals surface area contributed by atoms with Gasteiger partial charge in [0.2, 0.25) is 0 Å². The van der Waals surface area contributed by atoms with E-state index in [9.17, 15) is 35.3 Å². The minimum atomic E-state index is -1.89. The third-order valence-electron chi connectivity index (χ3n) is 4.13. The smallest absolute Gasteiger partial charge is 0.303 e. The Bertz CT molecular complexity index is 418. The van der Waals surface area contributed by atoms with Crippen LogP contribution >= 0.6 is 0 Å². The van der Waals surface area contributed by atoms with Crippen molar-refractivity contribution in [2.45, 2.75) is 62.7 Å². The fraction of sp³-hybridized carbons (Fsp3) is 0.923. The molecule has 23 heavy (non-hydrogen) atoms. The van der Waals surface area contributed by atoms with Crippen molar-refractivity contribution in [2.24, 2.45) is 5.92 Å². The van der Waals surface area contributed by atoms with Crippen molar-refractivity contribution in [2.75, 3.05) is 6.61 Å². The Kier molecular flexibility index (Phi) is 7.29. The molecule has 134 valence electrons. The van der Waals surface area contributed by atoms with Gasteiger partial charge in [-0.25, -0.2) is 0 Å². The molecule has 0 saturated heterocycles. The minimum absolute atomic E-state index is 0.184. The van der Waals surface area contributed by atoms with E-state index in [1.54, 1.807) is 0 Å². The number of ether oxygens (including phenoxy) is 1. The van der Waals surface area contributed by atoms with Crippen LogP contribution in [0.3, 0.4) is 0 Å². The molecule has 0 heterocycles. The summed E-state index contributed by atoms with van der Waals surface area (Å²) in [5, 5.41) is 59.1. The number of esters is 1. The van der Waals surface area contributed by atoms with Gasteiger partial charge >= 0.3 is 5.97 Å². The first-order valence-corrected chi connectivity index (χ1v) is 7.34. The Morgan fingerprint density at radius 2 is 1.87 bits per heavy atom. The molecule has 1 aliphatic rings. The van der Waals surface area contributed by atoms with Gasteiger partial charge in [-0.3, -0.25) is 14.9 Å². The van der Waals surface area contributed by atoms with E-state index < -0.39 is 60.0 Å². The average molecular weight is 337 g/mol. The lowest BCUT2D eigenvalue weighted by Gasteiger charge is -2.37. The molecule has 0 bridgehead atoms. The lowest BCUT2D eigenvalue weighted by molar-refractivity contribution is -0.550. The number of aliphatic hydroxyl groups excluding tert-OH is 5. The molecule has 0 aromatic rings. The summed E-state index contributed by atoms with van der Waals surface area (Å²) in [6, 6.07) is -1.43. The summed E-state index contributed by atoms with van der Waals surface area (Å²) in [5.41, 5.74) is 0. The van der Waals surface area contributed by atoms with E-state index in [4.69, 9.17) is 9.84 Å². The molecule has 10 heteroatoms. The zero-order valence-electron chi connectivity index (χ0n) is 12.7. The molecule has 1 aliphatic carbocycles. The topological polar surface area (TPSA) is 171 Å². The molecule has 1 saturated carbocycles. The Labute approximate surface area is 132 Å². The van der Waals surface area contributed by atoms with Crippen molar-refractivity contribution in [1.82, 2.24) is 0 Å². The van der Waals surface area contributed by atoms with Gasteiger partial charge in [0.1, 0.15) is 18.3 Å². The predicted molar refractivity (Wildman–Crippen MR) is 74.8 cm³/mol. The van der Waals surface area contributed by atoms with Crippen molar-refractivity contribution in [1.29, 1.82) is 0 Å². The van der Waals surface area contributed by atoms with Crippen LogP contribution in [0.5, 0.6) is 0 Å². The molecule has 1 rings (SSSR count). The van der Waals surface area contributed by atoms with E-state index in [2.05, 4.69) is 0 Å². The maximum atomic E-state index is 11.3. The minimum Gasteiger partial charge on any atom is -0.455 e. The third-order valence-corrected chi connectivity index (χ3v) is 4.13. The molecular weight excluding hydrogens is 314 g/mol. The van der Waals surface area contributed by atoms with Gasteiger partial charge in [0.25, 0.3) is 6.04 Å². The Morgan fingerprint density at radius 3 is 2.35 bits per heavy atom. The van der Waals surface area contributed by atoms with E-state index in [0.717, 1.165) is 6.92 Å². The highest BCUT2D eigenvalue weighted by Gasteiger charge is 2.50. The van der Waals surface area contributed by atoms with Gasteiger partial charge in [-0.1, -0.05) is 0 Å². The van der Waals surface area contributed by atoms with Gasteiger partial charge in [0.15, 0.2) is 6.10 Å². The summed E-state index contributed by atoms with van der Waals surface area (Å²) in [4.78, 5) is 21.7. The van der Waals surface area contributed by atoms with Gasteiger partial charge in [0, 0.05) is 11.8 Å². The van der Waals surface area contributed by atoms with Gasteiger partial charge in [-0.2, -0.15) is 0 Å². The summed E-state index contributed by atoms with van der Waals surface area (Å²) in [6.07, 6.45) is -7.34. The van der Waals surface area contributed by atoms with Crippen LogP contribution < -0.4 is 0 Å². The highest BCUT2D eigenvalue weighted by molar-refractivity contribution is 5.66. The zero-order valence-corrected chi connectivity index (χ0v) is 12.7. The summed E-state index contributed by atoms with van der Waals surface area (Å²) in [6.45, 7) is 0.275. The second-order valence-electron chi connectivity index (χ2n) is 5.74. The Balaban J connectivity index is 2.93. The third kappa shape index (κ3) is 4.82. The number of carbonyl (C=O) groups is 1. The van der Waals surface area contributed by atoms with Crippen LogP contribution in [-0.4, -0.2) is 79.6 Å². The summed E-state index contributed by atoms with van der Waals surface area (Å²) in [5.74, 6) is -1.76. The number of nitrogens with zero attached hydrogens (tertiary/aromatic N) is 1. The quantitative estimate of drug-likeness (QED) is 0.196. The summed E-state index contributed by atoms with van der Waals surface area (Å²) in [7, 11) is 0. The molecule has 10 nitrogen and oxygen atoms in total. The molecule has 0 aromatic carbocycles. The van der Waals surface area contributed by atoms with Crippen molar-refractivity contribution in [3.63, 3.8) is 0 Å². The lowest BCUT2D eigenvalue weighted by Crippen LogP contribution is -2.55. The summed E-state index contributed by atoms with van der Waals surface area (Å²) < 4.78 is 4.93. The van der Waals surface area contributed by atoms with Gasteiger partial charge in [-0.05, 0) is 19.3 Å². The molecule has 0 spiro atoms. The van der Waals surface area contributed by atoms with Crippen molar-refractivity contribution < 1.29 is 40.0 Å². The van der Waals surface area contributed by atoms with Crippen molar-refractivity contribution in [3.8, 4) is 0 Å². The van der Waals surface area contributed by atoms with E-state index in [1.807, 2.05) is 0 Å². The number of carbonyl (C=O) groups excluding carboxylic acids is 1. The van der Waals surface area contributed by atoms with Crippen LogP contribution in [-0.2, 0) is 9.53 Å². The number of nitro groups is 1. The second kappa shape index (κ2) is 8.50. The fourth-order valence-corrected chi connectivity index (χ4v) is 2.97. The molecule has 5 N–H and O–H groups in total. The molecular formula is C13H23NO9. The van der Waals surface area contributed by atoms with Crippen molar-refractivity contribution in [3.05, 3.63) is 10.1 Å². The highest BCUT2D eigenvalue weighted by atomic mass is 16.6. The lowest BCUT2D eigenvalue weighted by atomic mass is 9.77. The number of aliphatic hydroxyl groups is 5. The maximum Gasteiger partial charge on any atom is 0.303 e. The summed E-state index contributed by atoms with van der Waals surface area (Å²) >= 11 is 0. The molecule has 0 aliphatic heterocycles. The highest BCUT2D eigenvalue weighted by Crippen LogP contribution is 2.33. The van der Waals surface area contributed by atoms with Crippen LogP contribution in [0.25, 0.3) is 0 Å². The standard InChI is InChI=1S/C13H23NO9/c1-6(16)23-9-4-2-3-7(10(9)14(21)22)11(18)13(20)12(19)8(17)5-15/h7-13,15,17-20H,2-5H2,1H3/t7-,8+,9+,10+,11-,12-,13+/m0/s1. The van der Waals surface area contributed by atoms with Crippen LogP contribution in [0.1, 0.15) is 26.2 Å². The molecule has 1 fully saturated rings. The first-order valence-electron chi connectivity index (χ1n) is 7.34. The zero-order chi connectivity index (χ0) is 17.7. The van der Waals surface area contributed by atoms with Crippen molar-refractivity contribution >= 4 is 5.97 Å². The number of hydrogen-bond acceptors (Lipinski definition) is 9. The van der Waals surface area contributed by atoms with Gasteiger partial charge in [-0.15, -0.1) is 0 Å². The number of rotatable bonds is 7. The van der Waals surface area contributed by atoms with Gasteiger partial charge in [0.05, 0.1) is 18.6 Å². The maximum absolute atomic E-state index is 11.3. The monoisotopic (exact) mass is 337 g/mol. The first-order chi connectivity index (χ1) is 10.7. The van der Waals surface area contributed by atoms with E-state index in [0.29, 0.717) is 6.42 Å². The molecule has 0 unspecified atom stereocenters. The largest absolute Gasteiger partial charge is 0.455 e. The fourth-order valence-electron chi connectivity index (χ4n) is 2.97. The first kappa shape index (κ1) is 19.7. The van der Waals surface area contributed by atoms with E-state index in [1.165, 1.54) is 0 Å². The molecule has 0 amide bonds.